The number of hydrogen-bond acceptors (Lipinski definition) is 2. The highest BCUT2D eigenvalue weighted by molar-refractivity contribution is 5.63. The number of pyridine rings is 1. The van der Waals surface area contributed by atoms with Crippen molar-refractivity contribution in [3.63, 3.8) is 0 Å². The Hall–Kier alpha value is -2.42. The largest absolute Gasteiger partial charge is 0.282 e. The Kier molecular flexibility index (Phi) is 3.82. The van der Waals surface area contributed by atoms with Crippen molar-refractivity contribution in [2.45, 2.75) is 26.7 Å². The molecule has 0 bridgehead atoms. The van der Waals surface area contributed by atoms with Gasteiger partial charge in [-0.2, -0.15) is 5.10 Å². The summed E-state index contributed by atoms with van der Waals surface area (Å²) in [6.07, 6.45) is 5.58. The van der Waals surface area contributed by atoms with Crippen LogP contribution in [0.2, 0.25) is 0 Å². The molecule has 0 unspecified atom stereocenters. The fourth-order valence-corrected chi connectivity index (χ4v) is 2.47. The zero-order chi connectivity index (χ0) is 14.7. The molecule has 3 heteroatoms. The lowest BCUT2D eigenvalue weighted by atomic mass is 10.0. The molecule has 106 valence electrons. The molecule has 2 heterocycles. The van der Waals surface area contributed by atoms with Crippen LogP contribution in [0.3, 0.4) is 0 Å². The molecule has 2 aromatic heterocycles. The van der Waals surface area contributed by atoms with E-state index in [0.29, 0.717) is 0 Å². The predicted octanol–water partition coefficient (Wildman–Crippen LogP) is 3.93. The first-order chi connectivity index (χ1) is 10.3. The van der Waals surface area contributed by atoms with Crippen molar-refractivity contribution in [2.24, 2.45) is 0 Å². The van der Waals surface area contributed by atoms with Crippen molar-refractivity contribution in [3.8, 4) is 11.3 Å². The molecule has 3 rings (SSSR count). The molecule has 0 aliphatic heterocycles. The summed E-state index contributed by atoms with van der Waals surface area (Å²) in [5.74, 6) is 0. The van der Waals surface area contributed by atoms with Crippen LogP contribution in [0.5, 0.6) is 0 Å². The highest BCUT2D eigenvalue weighted by Gasteiger charge is 2.08. The quantitative estimate of drug-likeness (QED) is 0.785. The first kappa shape index (κ1) is 13.6. The molecule has 1 N–H and O–H groups in total. The maximum atomic E-state index is 4.46. The van der Waals surface area contributed by atoms with Crippen LogP contribution in [0.15, 0.2) is 48.8 Å². The van der Waals surface area contributed by atoms with Gasteiger partial charge >= 0.3 is 0 Å². The second-order valence-corrected chi connectivity index (χ2v) is 5.33. The lowest BCUT2D eigenvalue weighted by molar-refractivity contribution is 0.995. The summed E-state index contributed by atoms with van der Waals surface area (Å²) in [5, 5.41) is 7.60. The van der Waals surface area contributed by atoms with Crippen molar-refractivity contribution >= 4 is 0 Å². The van der Waals surface area contributed by atoms with Crippen LogP contribution in [-0.4, -0.2) is 15.2 Å². The van der Waals surface area contributed by atoms with Gasteiger partial charge in [0.05, 0.1) is 5.69 Å². The molecule has 0 saturated carbocycles. The standard InChI is InChI=1S/C18H19N3/c1-3-15-12-19-9-8-17(15)18-11-16(20-21-18)10-14-6-4-13(2)5-7-14/h4-9,11-12H,3,10H2,1-2H3,(H,20,21). The van der Waals surface area contributed by atoms with Gasteiger partial charge in [-0.25, -0.2) is 0 Å². The Morgan fingerprint density at radius 3 is 2.67 bits per heavy atom. The van der Waals surface area contributed by atoms with E-state index < -0.39 is 0 Å². The van der Waals surface area contributed by atoms with Gasteiger partial charge in [-0.05, 0) is 36.6 Å². The Balaban J connectivity index is 1.84. The Bertz CT molecular complexity index is 726. The topological polar surface area (TPSA) is 41.6 Å². The SMILES string of the molecule is CCc1cnccc1-c1cc(Cc2ccc(C)cc2)[nH]n1. The number of aromatic amines is 1. The molecule has 0 aliphatic carbocycles. The third-order valence-corrected chi connectivity index (χ3v) is 3.71. The second-order valence-electron chi connectivity index (χ2n) is 5.33. The highest BCUT2D eigenvalue weighted by atomic mass is 15.1. The van der Waals surface area contributed by atoms with Crippen molar-refractivity contribution in [2.75, 3.05) is 0 Å². The Morgan fingerprint density at radius 2 is 1.90 bits per heavy atom. The average molecular weight is 277 g/mol. The van der Waals surface area contributed by atoms with E-state index >= 15 is 0 Å². The number of nitrogens with one attached hydrogen (secondary N) is 1. The smallest absolute Gasteiger partial charge is 0.0927 e. The summed E-state index contributed by atoms with van der Waals surface area (Å²) in [6.45, 7) is 4.24. The van der Waals surface area contributed by atoms with Crippen LogP contribution in [0.4, 0.5) is 0 Å². The summed E-state index contributed by atoms with van der Waals surface area (Å²) in [4.78, 5) is 4.19. The van der Waals surface area contributed by atoms with E-state index in [1.165, 1.54) is 22.3 Å². The lowest BCUT2D eigenvalue weighted by Gasteiger charge is -2.02. The van der Waals surface area contributed by atoms with E-state index in [1.807, 2.05) is 18.5 Å². The van der Waals surface area contributed by atoms with Crippen LogP contribution in [0, 0.1) is 6.92 Å². The number of benzene rings is 1. The maximum Gasteiger partial charge on any atom is 0.0927 e. The third-order valence-electron chi connectivity index (χ3n) is 3.71. The summed E-state index contributed by atoms with van der Waals surface area (Å²) in [5.41, 5.74) is 7.10. The average Bonchev–Trinajstić information content (AvgIpc) is 2.98. The molecule has 0 atom stereocenters. The van der Waals surface area contributed by atoms with Gasteiger partial charge in [0.25, 0.3) is 0 Å². The summed E-state index contributed by atoms with van der Waals surface area (Å²) >= 11 is 0. The van der Waals surface area contributed by atoms with Crippen molar-refractivity contribution < 1.29 is 0 Å². The van der Waals surface area contributed by atoms with E-state index in [2.05, 4.69) is 59.4 Å². The van der Waals surface area contributed by atoms with Gasteiger partial charge in [0, 0.05) is 30.1 Å². The number of aromatic nitrogens is 3. The molecule has 0 fully saturated rings. The fourth-order valence-electron chi connectivity index (χ4n) is 2.47. The Labute approximate surface area is 125 Å². The minimum Gasteiger partial charge on any atom is -0.282 e. The minimum absolute atomic E-state index is 0.875. The first-order valence-electron chi connectivity index (χ1n) is 7.29. The zero-order valence-corrected chi connectivity index (χ0v) is 12.4. The molecular weight excluding hydrogens is 258 g/mol. The van der Waals surface area contributed by atoms with E-state index in [0.717, 1.165) is 24.2 Å². The van der Waals surface area contributed by atoms with Gasteiger partial charge < -0.3 is 0 Å². The van der Waals surface area contributed by atoms with E-state index in [4.69, 9.17) is 0 Å². The molecule has 0 aliphatic rings. The van der Waals surface area contributed by atoms with E-state index in [1.54, 1.807) is 0 Å². The van der Waals surface area contributed by atoms with E-state index in [9.17, 15) is 0 Å². The number of nitrogens with zero attached hydrogens (tertiary/aromatic N) is 2. The number of aryl methyl sites for hydroxylation is 2. The third kappa shape index (κ3) is 3.02. The minimum atomic E-state index is 0.875. The summed E-state index contributed by atoms with van der Waals surface area (Å²) in [6, 6.07) is 12.8. The van der Waals surface area contributed by atoms with Crippen LogP contribution in [-0.2, 0) is 12.8 Å². The van der Waals surface area contributed by atoms with Crippen molar-refractivity contribution in [1.82, 2.24) is 15.2 Å². The molecule has 3 aromatic rings. The maximum absolute atomic E-state index is 4.46. The van der Waals surface area contributed by atoms with Crippen molar-refractivity contribution in [1.29, 1.82) is 0 Å². The molecule has 0 saturated heterocycles. The number of rotatable bonds is 4. The normalized spacial score (nSPS) is 10.8. The summed E-state index contributed by atoms with van der Waals surface area (Å²) in [7, 11) is 0. The van der Waals surface area contributed by atoms with Crippen LogP contribution in [0.25, 0.3) is 11.3 Å². The number of H-pyrrole nitrogens is 1. The van der Waals surface area contributed by atoms with Gasteiger partial charge in [0.2, 0.25) is 0 Å². The van der Waals surface area contributed by atoms with E-state index in [-0.39, 0.29) is 0 Å². The molecule has 0 amide bonds. The lowest BCUT2D eigenvalue weighted by Crippen LogP contribution is -1.88. The van der Waals surface area contributed by atoms with Gasteiger partial charge in [-0.1, -0.05) is 36.8 Å². The molecule has 0 spiro atoms. The van der Waals surface area contributed by atoms with Crippen LogP contribution >= 0.6 is 0 Å². The van der Waals surface area contributed by atoms with Crippen LogP contribution in [0.1, 0.15) is 29.3 Å². The Morgan fingerprint density at radius 1 is 1.10 bits per heavy atom. The second kappa shape index (κ2) is 5.92. The molecule has 3 nitrogen and oxygen atoms in total. The van der Waals surface area contributed by atoms with Gasteiger partial charge in [-0.15, -0.1) is 0 Å². The molecule has 1 aromatic carbocycles. The monoisotopic (exact) mass is 277 g/mol. The fraction of sp³-hybridized carbons (Fsp3) is 0.222. The first-order valence-corrected chi connectivity index (χ1v) is 7.29. The molecular formula is C18H19N3. The zero-order valence-electron chi connectivity index (χ0n) is 12.4. The van der Waals surface area contributed by atoms with Gasteiger partial charge in [0.15, 0.2) is 0 Å². The predicted molar refractivity (Wildman–Crippen MR) is 85.2 cm³/mol. The summed E-state index contributed by atoms with van der Waals surface area (Å²) < 4.78 is 0. The number of hydrogen-bond donors (Lipinski definition) is 1. The molecule has 0 radical (unpaired) electrons. The van der Waals surface area contributed by atoms with Gasteiger partial charge in [0.1, 0.15) is 0 Å². The molecule has 21 heavy (non-hydrogen) atoms. The highest BCUT2D eigenvalue weighted by Crippen LogP contribution is 2.22. The van der Waals surface area contributed by atoms with Gasteiger partial charge in [-0.3, -0.25) is 10.1 Å². The van der Waals surface area contributed by atoms with Crippen molar-refractivity contribution in [3.05, 3.63) is 71.2 Å². The van der Waals surface area contributed by atoms with Crippen LogP contribution < -0.4 is 0 Å².